The fraction of sp³-hybridized carbons (Fsp3) is 0.929. The minimum Gasteiger partial charge on any atom is -0.465 e. The predicted octanol–water partition coefficient (Wildman–Crippen LogP) is 1.40. The summed E-state index contributed by atoms with van der Waals surface area (Å²) in [4.78, 5) is 14.8. The van der Waals surface area contributed by atoms with Gasteiger partial charge in [0.1, 0.15) is 5.54 Å². The van der Waals surface area contributed by atoms with Gasteiger partial charge in [-0.25, -0.2) is 4.79 Å². The van der Waals surface area contributed by atoms with Gasteiger partial charge in [0.2, 0.25) is 0 Å². The van der Waals surface area contributed by atoms with Crippen molar-refractivity contribution >= 4 is 5.97 Å². The molecule has 0 spiro atoms. The number of nitrogens with zero attached hydrogens (tertiary/aromatic N) is 1. The average Bonchev–Trinajstić information content (AvgIpc) is 3.12. The number of hydrogen-bond donors (Lipinski definition) is 1. The lowest BCUT2D eigenvalue weighted by atomic mass is 9.92. The average molecular weight is 254 g/mol. The van der Waals surface area contributed by atoms with E-state index in [9.17, 15) is 4.79 Å². The molecule has 1 saturated heterocycles. The molecule has 1 saturated carbocycles. The van der Waals surface area contributed by atoms with Crippen LogP contribution in [0.15, 0.2) is 0 Å². The molecule has 2 rings (SSSR count). The van der Waals surface area contributed by atoms with Crippen LogP contribution in [0.1, 0.15) is 39.5 Å². The molecule has 0 aromatic carbocycles. The Morgan fingerprint density at radius 1 is 1.44 bits per heavy atom. The Kier molecular flexibility index (Phi) is 4.28. The molecule has 2 fully saturated rings. The normalized spacial score (nSPS) is 28.1. The number of likely N-dealkylation sites (N-methyl/N-ethyl adjacent to an activating group) is 1. The summed E-state index contributed by atoms with van der Waals surface area (Å²) in [7, 11) is 1.90. The summed E-state index contributed by atoms with van der Waals surface area (Å²) in [6.45, 7) is 6.50. The predicted molar refractivity (Wildman–Crippen MR) is 71.4 cm³/mol. The molecule has 2 aliphatic rings. The molecule has 1 N–H and O–H groups in total. The van der Waals surface area contributed by atoms with E-state index in [1.54, 1.807) is 0 Å². The third-order valence-electron chi connectivity index (χ3n) is 4.50. The largest absolute Gasteiger partial charge is 0.465 e. The molecule has 4 nitrogen and oxygen atoms in total. The van der Waals surface area contributed by atoms with Gasteiger partial charge in [-0.15, -0.1) is 0 Å². The maximum Gasteiger partial charge on any atom is 0.327 e. The van der Waals surface area contributed by atoms with Crippen molar-refractivity contribution in [1.82, 2.24) is 10.2 Å². The van der Waals surface area contributed by atoms with Gasteiger partial charge in [0.25, 0.3) is 0 Å². The van der Waals surface area contributed by atoms with Gasteiger partial charge in [-0.3, -0.25) is 4.90 Å². The molecule has 0 aromatic rings. The highest BCUT2D eigenvalue weighted by Gasteiger charge is 2.52. The number of carbonyl (C=O) groups excluding carboxylic acids is 1. The van der Waals surface area contributed by atoms with Crippen molar-refractivity contribution in [2.24, 2.45) is 5.92 Å². The molecule has 1 heterocycles. The van der Waals surface area contributed by atoms with Crippen molar-refractivity contribution < 1.29 is 9.53 Å². The molecule has 0 aromatic heterocycles. The van der Waals surface area contributed by atoms with Crippen LogP contribution in [0.4, 0.5) is 0 Å². The maximum absolute atomic E-state index is 12.4. The lowest BCUT2D eigenvalue weighted by Crippen LogP contribution is -2.60. The van der Waals surface area contributed by atoms with Crippen LogP contribution in [0.25, 0.3) is 0 Å². The van der Waals surface area contributed by atoms with Crippen molar-refractivity contribution in [3.05, 3.63) is 0 Å². The Morgan fingerprint density at radius 3 is 2.61 bits per heavy atom. The van der Waals surface area contributed by atoms with Crippen LogP contribution in [0.2, 0.25) is 0 Å². The van der Waals surface area contributed by atoms with Crippen LogP contribution in [-0.4, -0.2) is 49.2 Å². The van der Waals surface area contributed by atoms with Crippen LogP contribution in [0.3, 0.4) is 0 Å². The Morgan fingerprint density at radius 2 is 2.17 bits per heavy atom. The first-order valence-electron chi connectivity index (χ1n) is 7.24. The SMILES string of the molecule is CCOC(=O)C(CN1CCCC1C)(NC)C1CC1. The number of likely N-dealkylation sites (tertiary alicyclic amines) is 1. The molecular weight excluding hydrogens is 228 g/mol. The van der Waals surface area contributed by atoms with Gasteiger partial charge in [-0.1, -0.05) is 0 Å². The van der Waals surface area contributed by atoms with E-state index in [-0.39, 0.29) is 5.97 Å². The van der Waals surface area contributed by atoms with E-state index in [1.165, 1.54) is 12.8 Å². The minimum absolute atomic E-state index is 0.0610. The van der Waals surface area contributed by atoms with Crippen LogP contribution in [-0.2, 0) is 9.53 Å². The van der Waals surface area contributed by atoms with Gasteiger partial charge in [0.05, 0.1) is 6.61 Å². The molecule has 4 heteroatoms. The zero-order valence-corrected chi connectivity index (χ0v) is 11.9. The molecule has 2 atom stereocenters. The third kappa shape index (κ3) is 2.54. The van der Waals surface area contributed by atoms with E-state index < -0.39 is 5.54 Å². The molecule has 0 radical (unpaired) electrons. The van der Waals surface area contributed by atoms with Gasteiger partial charge in [0, 0.05) is 12.6 Å². The third-order valence-corrected chi connectivity index (χ3v) is 4.50. The Labute approximate surface area is 110 Å². The number of rotatable bonds is 6. The monoisotopic (exact) mass is 254 g/mol. The van der Waals surface area contributed by atoms with E-state index in [1.807, 2.05) is 14.0 Å². The van der Waals surface area contributed by atoms with Crippen molar-refractivity contribution in [2.45, 2.75) is 51.1 Å². The van der Waals surface area contributed by atoms with Crippen LogP contribution in [0, 0.1) is 5.92 Å². The van der Waals surface area contributed by atoms with E-state index in [2.05, 4.69) is 17.1 Å². The highest BCUT2D eigenvalue weighted by molar-refractivity contribution is 5.82. The topological polar surface area (TPSA) is 41.6 Å². The summed E-state index contributed by atoms with van der Waals surface area (Å²) < 4.78 is 5.32. The first kappa shape index (κ1) is 13.8. The maximum atomic E-state index is 12.4. The number of ether oxygens (including phenoxy) is 1. The highest BCUT2D eigenvalue weighted by atomic mass is 16.5. The summed E-state index contributed by atoms with van der Waals surface area (Å²) in [5.74, 6) is 0.392. The number of nitrogens with one attached hydrogen (secondary N) is 1. The Hall–Kier alpha value is -0.610. The fourth-order valence-corrected chi connectivity index (χ4v) is 3.13. The number of carbonyl (C=O) groups is 1. The van der Waals surface area contributed by atoms with Gasteiger partial charge < -0.3 is 10.1 Å². The van der Waals surface area contributed by atoms with Crippen LogP contribution in [0.5, 0.6) is 0 Å². The molecule has 18 heavy (non-hydrogen) atoms. The van der Waals surface area contributed by atoms with Gasteiger partial charge in [-0.05, 0) is 59.0 Å². The second-order valence-electron chi connectivity index (χ2n) is 5.68. The Balaban J connectivity index is 2.10. The van der Waals surface area contributed by atoms with E-state index in [0.717, 1.165) is 25.9 Å². The lowest BCUT2D eigenvalue weighted by Gasteiger charge is -2.36. The molecule has 0 bridgehead atoms. The lowest BCUT2D eigenvalue weighted by molar-refractivity contribution is -0.153. The van der Waals surface area contributed by atoms with Crippen LogP contribution >= 0.6 is 0 Å². The summed E-state index contributed by atoms with van der Waals surface area (Å²) in [5.41, 5.74) is -0.478. The summed E-state index contributed by atoms with van der Waals surface area (Å²) in [5, 5.41) is 3.29. The quantitative estimate of drug-likeness (QED) is 0.728. The molecule has 104 valence electrons. The first-order valence-corrected chi connectivity index (χ1v) is 7.24. The van der Waals surface area contributed by atoms with E-state index >= 15 is 0 Å². The second kappa shape index (κ2) is 5.57. The zero-order valence-electron chi connectivity index (χ0n) is 11.9. The Bertz CT molecular complexity index is 304. The molecule has 1 aliphatic carbocycles. The van der Waals surface area contributed by atoms with Crippen molar-refractivity contribution in [3.63, 3.8) is 0 Å². The smallest absolute Gasteiger partial charge is 0.327 e. The second-order valence-corrected chi connectivity index (χ2v) is 5.68. The fourth-order valence-electron chi connectivity index (χ4n) is 3.13. The highest BCUT2D eigenvalue weighted by Crippen LogP contribution is 2.41. The van der Waals surface area contributed by atoms with Crippen molar-refractivity contribution in [2.75, 3.05) is 26.7 Å². The standard InChI is InChI=1S/C14H26N2O2/c1-4-18-13(17)14(15-3,12-7-8-12)10-16-9-5-6-11(16)2/h11-12,15H,4-10H2,1-3H3. The first-order chi connectivity index (χ1) is 8.64. The molecule has 0 amide bonds. The summed E-state index contributed by atoms with van der Waals surface area (Å²) in [6, 6.07) is 0.589. The van der Waals surface area contributed by atoms with Crippen molar-refractivity contribution in [1.29, 1.82) is 0 Å². The molecular formula is C14H26N2O2. The van der Waals surface area contributed by atoms with Gasteiger partial charge in [0.15, 0.2) is 0 Å². The molecule has 2 unspecified atom stereocenters. The van der Waals surface area contributed by atoms with Crippen LogP contribution < -0.4 is 5.32 Å². The van der Waals surface area contributed by atoms with Gasteiger partial charge >= 0.3 is 5.97 Å². The summed E-state index contributed by atoms with van der Waals surface area (Å²) >= 11 is 0. The number of hydrogen-bond acceptors (Lipinski definition) is 4. The number of esters is 1. The van der Waals surface area contributed by atoms with E-state index in [0.29, 0.717) is 18.6 Å². The molecule has 1 aliphatic heterocycles. The minimum atomic E-state index is -0.478. The van der Waals surface area contributed by atoms with Crippen molar-refractivity contribution in [3.8, 4) is 0 Å². The van der Waals surface area contributed by atoms with E-state index in [4.69, 9.17) is 4.74 Å². The van der Waals surface area contributed by atoms with Gasteiger partial charge in [-0.2, -0.15) is 0 Å². The zero-order chi connectivity index (χ0) is 13.2. The summed E-state index contributed by atoms with van der Waals surface area (Å²) in [6.07, 6.45) is 4.77.